The lowest BCUT2D eigenvalue weighted by molar-refractivity contribution is -0.149. The minimum Gasteiger partial charge on any atom is -0.480 e. The molecule has 0 heterocycles. The van der Waals surface area contributed by atoms with E-state index in [1.807, 2.05) is 6.07 Å². The fourth-order valence-corrected chi connectivity index (χ4v) is 1.73. The van der Waals surface area contributed by atoms with Gasteiger partial charge in [0.05, 0.1) is 6.04 Å². The summed E-state index contributed by atoms with van der Waals surface area (Å²) in [5, 5.41) is 17.4. The van der Waals surface area contributed by atoms with Crippen molar-refractivity contribution in [2.24, 2.45) is 5.73 Å². The maximum Gasteiger partial charge on any atom is 0.323 e. The number of benzene rings is 1. The summed E-state index contributed by atoms with van der Waals surface area (Å²) in [4.78, 5) is 34.0. The molecule has 0 radical (unpaired) electrons. The zero-order valence-corrected chi connectivity index (χ0v) is 10.7. The van der Waals surface area contributed by atoms with Crippen LogP contribution >= 0.6 is 0 Å². The van der Waals surface area contributed by atoms with Crippen LogP contribution in [0.3, 0.4) is 0 Å². The summed E-state index contributed by atoms with van der Waals surface area (Å²) in [5.74, 6) is -3.27. The summed E-state index contributed by atoms with van der Waals surface area (Å²) in [5.41, 5.74) is 6.54. The molecule has 1 aromatic rings. The summed E-state index contributed by atoms with van der Waals surface area (Å²) >= 11 is 0. The molecule has 0 aliphatic carbocycles. The molecule has 0 fully saturated rings. The third-order valence-electron chi connectivity index (χ3n) is 2.58. The molecule has 0 saturated heterocycles. The topological polar surface area (TPSA) is 121 Å². The van der Waals surface area contributed by atoms with Crippen molar-refractivity contribution < 1.29 is 24.6 Å². The number of rotatable bonds is 7. The maximum atomic E-state index is 12.0. The standard InChI is InChI=1S/C13H16N2O5/c14-10(6-9-4-2-1-3-5-9)13(20)15(7-11(16)17)8-12(18)19/h1-5,10H,6-8,14H2,(H,16,17)(H,18,19)/t10-/m0/s1. The number of carbonyl (C=O) groups excluding carboxylic acids is 1. The lowest BCUT2D eigenvalue weighted by Crippen LogP contribution is -2.48. The highest BCUT2D eigenvalue weighted by Gasteiger charge is 2.24. The fraction of sp³-hybridized carbons (Fsp3) is 0.308. The molecule has 4 N–H and O–H groups in total. The van der Waals surface area contributed by atoms with Crippen molar-refractivity contribution in [1.29, 1.82) is 0 Å². The molecule has 20 heavy (non-hydrogen) atoms. The second-order valence-electron chi connectivity index (χ2n) is 4.28. The second-order valence-corrected chi connectivity index (χ2v) is 4.28. The van der Waals surface area contributed by atoms with E-state index in [4.69, 9.17) is 15.9 Å². The number of aliphatic carboxylic acids is 2. The molecule has 0 aliphatic heterocycles. The molecule has 0 unspecified atom stereocenters. The van der Waals surface area contributed by atoms with Crippen LogP contribution in [0.2, 0.25) is 0 Å². The summed E-state index contributed by atoms with van der Waals surface area (Å²) in [6.45, 7) is -1.37. The first-order valence-corrected chi connectivity index (χ1v) is 5.92. The number of carboxylic acid groups (broad SMARTS) is 2. The van der Waals surface area contributed by atoms with Crippen LogP contribution in [0.5, 0.6) is 0 Å². The molecule has 7 heteroatoms. The number of hydrogen-bond donors (Lipinski definition) is 3. The number of carboxylic acids is 2. The third-order valence-corrected chi connectivity index (χ3v) is 2.58. The number of hydrogen-bond acceptors (Lipinski definition) is 4. The normalized spacial score (nSPS) is 11.7. The Kier molecular flexibility index (Phi) is 5.67. The van der Waals surface area contributed by atoms with Gasteiger partial charge in [-0.3, -0.25) is 14.4 Å². The van der Waals surface area contributed by atoms with Gasteiger partial charge in [-0.1, -0.05) is 30.3 Å². The Bertz CT molecular complexity index is 473. The number of amides is 1. The Morgan fingerprint density at radius 2 is 1.55 bits per heavy atom. The second kappa shape index (κ2) is 7.25. The van der Waals surface area contributed by atoms with Crippen molar-refractivity contribution >= 4 is 17.8 Å². The van der Waals surface area contributed by atoms with E-state index in [9.17, 15) is 14.4 Å². The Morgan fingerprint density at radius 1 is 1.05 bits per heavy atom. The first-order valence-electron chi connectivity index (χ1n) is 5.92. The van der Waals surface area contributed by atoms with E-state index in [1.165, 1.54) is 0 Å². The Labute approximate surface area is 115 Å². The van der Waals surface area contributed by atoms with Gasteiger partial charge in [0.15, 0.2) is 0 Å². The van der Waals surface area contributed by atoms with Crippen LogP contribution in [0.15, 0.2) is 30.3 Å². The summed E-state index contributed by atoms with van der Waals surface area (Å²) < 4.78 is 0. The first-order chi connectivity index (χ1) is 9.40. The van der Waals surface area contributed by atoms with E-state index in [0.717, 1.165) is 10.5 Å². The van der Waals surface area contributed by atoms with Crippen molar-refractivity contribution in [3.63, 3.8) is 0 Å². The first kappa shape index (κ1) is 15.6. The molecular formula is C13H16N2O5. The van der Waals surface area contributed by atoms with Gasteiger partial charge >= 0.3 is 11.9 Å². The molecule has 108 valence electrons. The number of nitrogens with zero attached hydrogens (tertiary/aromatic N) is 1. The van der Waals surface area contributed by atoms with Crippen molar-refractivity contribution in [3.05, 3.63) is 35.9 Å². The van der Waals surface area contributed by atoms with Crippen molar-refractivity contribution in [1.82, 2.24) is 4.90 Å². The highest BCUT2D eigenvalue weighted by Crippen LogP contribution is 2.04. The molecule has 1 atom stereocenters. The van der Waals surface area contributed by atoms with Gasteiger partial charge in [0, 0.05) is 0 Å². The largest absolute Gasteiger partial charge is 0.480 e. The van der Waals surface area contributed by atoms with Crippen molar-refractivity contribution in [2.75, 3.05) is 13.1 Å². The molecule has 0 spiro atoms. The number of nitrogens with two attached hydrogens (primary N) is 1. The van der Waals surface area contributed by atoms with E-state index in [0.29, 0.717) is 0 Å². The predicted octanol–water partition coefficient (Wildman–Crippen LogP) is -0.446. The van der Waals surface area contributed by atoms with Crippen LogP contribution < -0.4 is 5.73 Å². The quantitative estimate of drug-likeness (QED) is 0.622. The van der Waals surface area contributed by atoms with Gasteiger partial charge in [-0.25, -0.2) is 0 Å². The average molecular weight is 280 g/mol. The maximum absolute atomic E-state index is 12.0. The lowest BCUT2D eigenvalue weighted by Gasteiger charge is -2.22. The molecule has 7 nitrogen and oxygen atoms in total. The third kappa shape index (κ3) is 5.07. The molecule has 1 aromatic carbocycles. The fourth-order valence-electron chi connectivity index (χ4n) is 1.73. The van der Waals surface area contributed by atoms with Gasteiger partial charge in [-0.05, 0) is 12.0 Å². The Balaban J connectivity index is 2.72. The zero-order chi connectivity index (χ0) is 15.1. The highest BCUT2D eigenvalue weighted by atomic mass is 16.4. The lowest BCUT2D eigenvalue weighted by atomic mass is 10.1. The zero-order valence-electron chi connectivity index (χ0n) is 10.7. The number of carbonyl (C=O) groups is 3. The highest BCUT2D eigenvalue weighted by molar-refractivity contribution is 5.88. The molecule has 0 bridgehead atoms. The molecule has 1 rings (SSSR count). The van der Waals surface area contributed by atoms with E-state index in [-0.39, 0.29) is 6.42 Å². The van der Waals surface area contributed by atoms with Crippen LogP contribution in [0.25, 0.3) is 0 Å². The van der Waals surface area contributed by atoms with E-state index in [1.54, 1.807) is 24.3 Å². The van der Waals surface area contributed by atoms with Gasteiger partial charge in [0.2, 0.25) is 5.91 Å². The van der Waals surface area contributed by atoms with Crippen molar-refractivity contribution in [3.8, 4) is 0 Å². The van der Waals surface area contributed by atoms with Gasteiger partial charge in [0.1, 0.15) is 13.1 Å². The summed E-state index contributed by atoms with van der Waals surface area (Å²) in [6, 6.07) is 7.99. The van der Waals surface area contributed by atoms with Crippen LogP contribution in [0.4, 0.5) is 0 Å². The van der Waals surface area contributed by atoms with E-state index in [2.05, 4.69) is 0 Å². The Hall–Kier alpha value is -2.41. The van der Waals surface area contributed by atoms with Crippen LogP contribution in [-0.2, 0) is 20.8 Å². The average Bonchev–Trinajstić information content (AvgIpc) is 2.37. The van der Waals surface area contributed by atoms with Crippen LogP contribution in [0, 0.1) is 0 Å². The molecule has 1 amide bonds. The van der Waals surface area contributed by atoms with Crippen LogP contribution in [-0.4, -0.2) is 52.1 Å². The SMILES string of the molecule is N[C@@H](Cc1ccccc1)C(=O)N(CC(=O)O)CC(=O)O. The van der Waals surface area contributed by atoms with E-state index >= 15 is 0 Å². The summed E-state index contributed by atoms with van der Waals surface area (Å²) in [6.07, 6.45) is 0.218. The van der Waals surface area contributed by atoms with Gasteiger partial charge in [-0.2, -0.15) is 0 Å². The predicted molar refractivity (Wildman–Crippen MR) is 70.0 cm³/mol. The minimum absolute atomic E-state index is 0.218. The van der Waals surface area contributed by atoms with Gasteiger partial charge < -0.3 is 20.8 Å². The molecule has 0 aliphatic rings. The van der Waals surface area contributed by atoms with Crippen molar-refractivity contribution in [2.45, 2.75) is 12.5 Å². The minimum atomic E-state index is -1.29. The van der Waals surface area contributed by atoms with Gasteiger partial charge in [0.25, 0.3) is 0 Å². The molecule has 0 aromatic heterocycles. The van der Waals surface area contributed by atoms with E-state index < -0.39 is 37.0 Å². The monoisotopic (exact) mass is 280 g/mol. The Morgan fingerprint density at radius 3 is 2.00 bits per heavy atom. The molecule has 0 saturated carbocycles. The van der Waals surface area contributed by atoms with Crippen LogP contribution in [0.1, 0.15) is 5.56 Å². The van der Waals surface area contributed by atoms with Gasteiger partial charge in [-0.15, -0.1) is 0 Å². The summed E-state index contributed by atoms with van der Waals surface area (Å²) in [7, 11) is 0. The smallest absolute Gasteiger partial charge is 0.323 e. The molecular weight excluding hydrogens is 264 g/mol.